The molecule has 1 fully saturated rings. The standard InChI is InChI=1S/C15H23N3O2.2ClH/c1-18(2)13-5-3-4-12(10-13)11-17-14(19)15(16)6-8-20-9-7-15;;/h3-5,10H,6-9,11,16H2,1-2H3,(H,17,19);2*1H. The Balaban J connectivity index is 0.00000220. The summed E-state index contributed by atoms with van der Waals surface area (Å²) in [7, 11) is 3.99. The van der Waals surface area contributed by atoms with Crippen LogP contribution in [-0.2, 0) is 16.1 Å². The molecule has 1 aliphatic rings. The Morgan fingerprint density at radius 2 is 1.95 bits per heavy atom. The van der Waals surface area contributed by atoms with Crippen LogP contribution >= 0.6 is 24.8 Å². The van der Waals surface area contributed by atoms with Crippen LogP contribution in [0.5, 0.6) is 0 Å². The molecule has 1 amide bonds. The molecule has 1 saturated heterocycles. The molecular formula is C15H25Cl2N3O2. The minimum atomic E-state index is -0.780. The van der Waals surface area contributed by atoms with Gasteiger partial charge in [-0.2, -0.15) is 0 Å². The van der Waals surface area contributed by atoms with Gasteiger partial charge in [-0.15, -0.1) is 24.8 Å². The Kier molecular flexibility index (Phi) is 8.78. The number of nitrogens with two attached hydrogens (primary N) is 1. The smallest absolute Gasteiger partial charge is 0.240 e. The van der Waals surface area contributed by atoms with E-state index in [1.807, 2.05) is 37.2 Å². The fourth-order valence-corrected chi connectivity index (χ4v) is 2.27. The number of nitrogens with zero attached hydrogens (tertiary/aromatic N) is 1. The number of hydrogen-bond donors (Lipinski definition) is 2. The average molecular weight is 350 g/mol. The number of ether oxygens (including phenoxy) is 1. The van der Waals surface area contributed by atoms with Gasteiger partial charge >= 0.3 is 0 Å². The Morgan fingerprint density at radius 3 is 2.55 bits per heavy atom. The van der Waals surface area contributed by atoms with Gasteiger partial charge in [-0.05, 0) is 30.5 Å². The van der Waals surface area contributed by atoms with Gasteiger partial charge in [0.15, 0.2) is 0 Å². The van der Waals surface area contributed by atoms with Crippen LogP contribution in [0.2, 0.25) is 0 Å². The summed E-state index contributed by atoms with van der Waals surface area (Å²) in [6, 6.07) is 8.09. The first-order valence-corrected chi connectivity index (χ1v) is 6.92. The van der Waals surface area contributed by atoms with Gasteiger partial charge in [0.1, 0.15) is 0 Å². The highest BCUT2D eigenvalue weighted by Crippen LogP contribution is 2.18. The number of hydrogen-bond acceptors (Lipinski definition) is 4. The third-order valence-electron chi connectivity index (χ3n) is 3.72. The largest absolute Gasteiger partial charge is 0.381 e. The molecule has 1 aromatic rings. The van der Waals surface area contributed by atoms with Crippen LogP contribution in [0.15, 0.2) is 24.3 Å². The van der Waals surface area contributed by atoms with Crippen molar-refractivity contribution in [3.05, 3.63) is 29.8 Å². The molecule has 2 rings (SSSR count). The molecule has 22 heavy (non-hydrogen) atoms. The van der Waals surface area contributed by atoms with Gasteiger partial charge < -0.3 is 20.7 Å². The predicted molar refractivity (Wildman–Crippen MR) is 94.1 cm³/mol. The van der Waals surface area contributed by atoms with Gasteiger partial charge in [0.25, 0.3) is 0 Å². The monoisotopic (exact) mass is 349 g/mol. The molecule has 5 nitrogen and oxygen atoms in total. The third-order valence-corrected chi connectivity index (χ3v) is 3.72. The molecule has 0 aromatic heterocycles. The van der Waals surface area contributed by atoms with E-state index in [0.29, 0.717) is 32.6 Å². The van der Waals surface area contributed by atoms with Crippen molar-refractivity contribution in [2.45, 2.75) is 24.9 Å². The van der Waals surface area contributed by atoms with Crippen molar-refractivity contribution in [1.82, 2.24) is 5.32 Å². The maximum atomic E-state index is 12.2. The molecule has 3 N–H and O–H groups in total. The van der Waals surface area contributed by atoms with E-state index in [1.54, 1.807) is 0 Å². The number of carbonyl (C=O) groups is 1. The number of halogens is 2. The van der Waals surface area contributed by atoms with Crippen molar-refractivity contribution in [1.29, 1.82) is 0 Å². The second-order valence-corrected chi connectivity index (χ2v) is 5.52. The molecule has 7 heteroatoms. The van der Waals surface area contributed by atoms with Crippen molar-refractivity contribution >= 4 is 36.4 Å². The number of benzene rings is 1. The Bertz CT molecular complexity index is 478. The molecule has 0 radical (unpaired) electrons. The summed E-state index contributed by atoms with van der Waals surface area (Å²) >= 11 is 0. The van der Waals surface area contributed by atoms with E-state index in [1.165, 1.54) is 0 Å². The lowest BCUT2D eigenvalue weighted by Gasteiger charge is -2.31. The highest BCUT2D eigenvalue weighted by atomic mass is 35.5. The van der Waals surface area contributed by atoms with Gasteiger partial charge in [-0.25, -0.2) is 0 Å². The summed E-state index contributed by atoms with van der Waals surface area (Å²) in [6.07, 6.45) is 1.16. The molecular weight excluding hydrogens is 325 g/mol. The van der Waals surface area contributed by atoms with E-state index < -0.39 is 5.54 Å². The normalized spacial score (nSPS) is 16.0. The first kappa shape index (κ1) is 21.0. The summed E-state index contributed by atoms with van der Waals surface area (Å²) in [5.41, 5.74) is 7.55. The van der Waals surface area contributed by atoms with Gasteiger partial charge in [0.05, 0.1) is 5.54 Å². The van der Waals surface area contributed by atoms with Crippen LogP contribution < -0.4 is 16.0 Å². The zero-order valence-corrected chi connectivity index (χ0v) is 14.6. The van der Waals surface area contributed by atoms with Crippen LogP contribution in [0, 0.1) is 0 Å². The zero-order valence-electron chi connectivity index (χ0n) is 13.0. The average Bonchev–Trinajstić information content (AvgIpc) is 2.45. The number of carbonyl (C=O) groups excluding carboxylic acids is 1. The molecule has 1 heterocycles. The molecule has 0 spiro atoms. The summed E-state index contributed by atoms with van der Waals surface area (Å²) in [5, 5.41) is 2.94. The van der Waals surface area contributed by atoms with Crippen LogP contribution in [0.25, 0.3) is 0 Å². The summed E-state index contributed by atoms with van der Waals surface area (Å²) < 4.78 is 5.25. The lowest BCUT2D eigenvalue weighted by atomic mass is 9.90. The molecule has 0 aliphatic carbocycles. The van der Waals surface area contributed by atoms with E-state index >= 15 is 0 Å². The number of rotatable bonds is 4. The number of amides is 1. The SMILES string of the molecule is CN(C)c1cccc(CNC(=O)C2(N)CCOCC2)c1.Cl.Cl. The molecule has 0 saturated carbocycles. The van der Waals surface area contributed by atoms with Gasteiger partial charge in [0, 0.05) is 39.5 Å². The van der Waals surface area contributed by atoms with E-state index in [9.17, 15) is 4.79 Å². The second kappa shape index (κ2) is 9.20. The summed E-state index contributed by atoms with van der Waals surface area (Å²) in [5.74, 6) is -0.0870. The second-order valence-electron chi connectivity index (χ2n) is 5.52. The minimum absolute atomic E-state index is 0. The molecule has 126 valence electrons. The highest BCUT2D eigenvalue weighted by Gasteiger charge is 2.35. The van der Waals surface area contributed by atoms with Gasteiger partial charge in [-0.1, -0.05) is 12.1 Å². The van der Waals surface area contributed by atoms with E-state index in [2.05, 4.69) is 11.4 Å². The number of nitrogens with one attached hydrogen (secondary N) is 1. The Hall–Kier alpha value is -1.01. The van der Waals surface area contributed by atoms with Crippen molar-refractivity contribution < 1.29 is 9.53 Å². The molecule has 1 aliphatic heterocycles. The maximum Gasteiger partial charge on any atom is 0.240 e. The molecule has 0 atom stereocenters. The van der Waals surface area contributed by atoms with E-state index in [0.717, 1.165) is 11.3 Å². The molecule has 0 bridgehead atoms. The van der Waals surface area contributed by atoms with E-state index in [4.69, 9.17) is 10.5 Å². The fourth-order valence-electron chi connectivity index (χ4n) is 2.27. The third kappa shape index (κ3) is 5.32. The quantitative estimate of drug-likeness (QED) is 0.868. The Morgan fingerprint density at radius 1 is 1.32 bits per heavy atom. The Labute approximate surface area is 144 Å². The fraction of sp³-hybridized carbons (Fsp3) is 0.533. The lowest BCUT2D eigenvalue weighted by Crippen LogP contribution is -2.56. The zero-order chi connectivity index (χ0) is 14.6. The maximum absolute atomic E-state index is 12.2. The molecule has 0 unspecified atom stereocenters. The van der Waals surface area contributed by atoms with Crippen molar-refractivity contribution in [3.8, 4) is 0 Å². The first-order valence-electron chi connectivity index (χ1n) is 6.92. The first-order chi connectivity index (χ1) is 9.51. The van der Waals surface area contributed by atoms with Gasteiger partial charge in [-0.3, -0.25) is 4.79 Å². The topological polar surface area (TPSA) is 67.6 Å². The van der Waals surface area contributed by atoms with Crippen LogP contribution in [0.4, 0.5) is 5.69 Å². The summed E-state index contributed by atoms with van der Waals surface area (Å²) in [4.78, 5) is 14.2. The van der Waals surface area contributed by atoms with Crippen molar-refractivity contribution in [2.24, 2.45) is 5.73 Å². The highest BCUT2D eigenvalue weighted by molar-refractivity contribution is 5.86. The minimum Gasteiger partial charge on any atom is -0.381 e. The van der Waals surface area contributed by atoms with Crippen LogP contribution in [0.1, 0.15) is 18.4 Å². The summed E-state index contributed by atoms with van der Waals surface area (Å²) in [6.45, 7) is 1.61. The van der Waals surface area contributed by atoms with Crippen LogP contribution in [-0.4, -0.2) is 38.8 Å². The van der Waals surface area contributed by atoms with Crippen molar-refractivity contribution in [3.63, 3.8) is 0 Å². The number of anilines is 1. The van der Waals surface area contributed by atoms with Crippen molar-refractivity contribution in [2.75, 3.05) is 32.2 Å². The van der Waals surface area contributed by atoms with Gasteiger partial charge in [0.2, 0.25) is 5.91 Å². The van der Waals surface area contributed by atoms with E-state index in [-0.39, 0.29) is 30.7 Å². The predicted octanol–water partition coefficient (Wildman–Crippen LogP) is 1.72. The van der Waals surface area contributed by atoms with Crippen LogP contribution in [0.3, 0.4) is 0 Å². The lowest BCUT2D eigenvalue weighted by molar-refractivity contribution is -0.129. The molecule has 1 aromatic carbocycles.